The van der Waals surface area contributed by atoms with Gasteiger partial charge in [0.15, 0.2) is 0 Å². The van der Waals surface area contributed by atoms with Crippen molar-refractivity contribution in [2.45, 2.75) is 34.4 Å². The van der Waals surface area contributed by atoms with Gasteiger partial charge in [0, 0.05) is 15.3 Å². The van der Waals surface area contributed by atoms with Crippen LogP contribution in [0.5, 0.6) is 0 Å². The summed E-state index contributed by atoms with van der Waals surface area (Å²) in [5, 5.41) is 10.7. The molecule has 0 radical (unpaired) electrons. The van der Waals surface area contributed by atoms with Gasteiger partial charge < -0.3 is 10.8 Å². The number of rotatable bonds is 9. The SMILES string of the molecule is Cl.NCCCC1(c2ccccc2)CC1(NS(=O)(=O)c1ccc(-c2ccc(Cl)cc2)s1)C(=O)O. The molecule has 2 atom stereocenters. The van der Waals surface area contributed by atoms with Crippen LogP contribution in [-0.4, -0.2) is 31.6 Å². The lowest BCUT2D eigenvalue weighted by Gasteiger charge is -2.24. The molecule has 0 aliphatic heterocycles. The van der Waals surface area contributed by atoms with E-state index in [2.05, 4.69) is 4.72 Å². The summed E-state index contributed by atoms with van der Waals surface area (Å²) in [5.41, 5.74) is 4.87. The van der Waals surface area contributed by atoms with Crippen molar-refractivity contribution in [3.63, 3.8) is 0 Å². The number of hydrogen-bond donors (Lipinski definition) is 3. The molecule has 0 bridgehead atoms. The van der Waals surface area contributed by atoms with Crippen LogP contribution in [0.25, 0.3) is 10.4 Å². The van der Waals surface area contributed by atoms with Crippen LogP contribution in [0.4, 0.5) is 0 Å². The Morgan fingerprint density at radius 1 is 1.09 bits per heavy atom. The van der Waals surface area contributed by atoms with E-state index in [1.807, 2.05) is 42.5 Å². The topological polar surface area (TPSA) is 109 Å². The molecule has 4 rings (SSSR count). The Hall–Kier alpha value is -1.94. The summed E-state index contributed by atoms with van der Waals surface area (Å²) in [6.45, 7) is 0.395. The maximum Gasteiger partial charge on any atom is 0.325 e. The van der Waals surface area contributed by atoms with Gasteiger partial charge in [-0.15, -0.1) is 23.7 Å². The standard InChI is InChI=1S/C23H23ClN2O4S2.ClH/c24-18-9-7-16(8-10-18)19-11-12-20(31-19)32(29,30)26-23(21(27)28)15-22(23,13-4-14-25)17-5-2-1-3-6-17;/h1-3,5-12,26H,4,13-15,25H2,(H,27,28);1H. The fraction of sp³-hybridized carbons (Fsp3) is 0.261. The Kier molecular flexibility index (Phi) is 7.58. The van der Waals surface area contributed by atoms with Gasteiger partial charge in [-0.25, -0.2) is 8.42 Å². The molecule has 4 N–H and O–H groups in total. The van der Waals surface area contributed by atoms with Gasteiger partial charge in [-0.2, -0.15) is 4.72 Å². The van der Waals surface area contributed by atoms with E-state index in [-0.39, 0.29) is 23.0 Å². The summed E-state index contributed by atoms with van der Waals surface area (Å²) in [4.78, 5) is 13.2. The summed E-state index contributed by atoms with van der Waals surface area (Å²) in [6, 6.07) is 19.5. The second-order valence-corrected chi connectivity index (χ2v) is 11.4. The third-order valence-electron chi connectivity index (χ3n) is 6.04. The number of benzene rings is 2. The zero-order chi connectivity index (χ0) is 23.0. The normalized spacial score (nSPS) is 21.9. The largest absolute Gasteiger partial charge is 0.480 e. The van der Waals surface area contributed by atoms with Gasteiger partial charge in [0.05, 0.1) is 0 Å². The lowest BCUT2D eigenvalue weighted by atomic mass is 9.86. The van der Waals surface area contributed by atoms with Crippen LogP contribution in [0.2, 0.25) is 5.02 Å². The molecule has 1 aromatic heterocycles. The number of carboxylic acid groups (broad SMARTS) is 1. The molecule has 1 fully saturated rings. The number of carboxylic acids is 1. The molecular formula is C23H24Cl2N2O4S2. The zero-order valence-electron chi connectivity index (χ0n) is 17.5. The third kappa shape index (κ3) is 4.69. The predicted molar refractivity (Wildman–Crippen MR) is 134 cm³/mol. The quantitative estimate of drug-likeness (QED) is 0.375. The van der Waals surface area contributed by atoms with Crippen LogP contribution < -0.4 is 10.5 Å². The summed E-state index contributed by atoms with van der Waals surface area (Å²) in [7, 11) is -4.07. The Balaban J connectivity index is 0.00000306. The van der Waals surface area contributed by atoms with Crippen molar-refractivity contribution >= 4 is 51.3 Å². The number of nitrogens with one attached hydrogen (secondary N) is 1. The summed E-state index contributed by atoms with van der Waals surface area (Å²) in [6.07, 6.45) is 1.24. The maximum absolute atomic E-state index is 13.3. The van der Waals surface area contributed by atoms with Crippen LogP contribution in [0, 0.1) is 0 Å². The van der Waals surface area contributed by atoms with Gasteiger partial charge in [0.1, 0.15) is 9.75 Å². The molecule has 6 nitrogen and oxygen atoms in total. The van der Waals surface area contributed by atoms with Crippen molar-refractivity contribution in [2.75, 3.05) is 6.54 Å². The summed E-state index contributed by atoms with van der Waals surface area (Å²) >= 11 is 7.02. The van der Waals surface area contributed by atoms with E-state index in [0.29, 0.717) is 24.4 Å². The summed E-state index contributed by atoms with van der Waals surface area (Å²) < 4.78 is 29.2. The highest BCUT2D eigenvalue weighted by Gasteiger charge is 2.74. The van der Waals surface area contributed by atoms with E-state index < -0.39 is 26.9 Å². The van der Waals surface area contributed by atoms with Gasteiger partial charge in [-0.3, -0.25) is 4.79 Å². The molecule has 176 valence electrons. The number of thiophene rings is 1. The molecule has 10 heteroatoms. The first-order valence-corrected chi connectivity index (χ1v) is 12.8. The zero-order valence-corrected chi connectivity index (χ0v) is 20.7. The molecule has 1 aliphatic carbocycles. The lowest BCUT2D eigenvalue weighted by Crippen LogP contribution is -2.48. The average molecular weight is 527 g/mol. The minimum atomic E-state index is -4.07. The Bertz CT molecular complexity index is 1230. The molecule has 2 aromatic carbocycles. The van der Waals surface area contributed by atoms with Gasteiger partial charge in [-0.05, 0) is 61.2 Å². The number of aliphatic carboxylic acids is 1. The smallest absolute Gasteiger partial charge is 0.325 e. The average Bonchev–Trinajstić information content (AvgIpc) is 3.15. The fourth-order valence-electron chi connectivity index (χ4n) is 4.34. The second-order valence-electron chi connectivity index (χ2n) is 7.96. The molecule has 1 aliphatic rings. The van der Waals surface area contributed by atoms with Gasteiger partial charge in [-0.1, -0.05) is 54.1 Å². The molecule has 2 unspecified atom stereocenters. The first-order valence-electron chi connectivity index (χ1n) is 10.1. The van der Waals surface area contributed by atoms with Gasteiger partial charge in [0.2, 0.25) is 0 Å². The third-order valence-corrected chi connectivity index (χ3v) is 9.41. The van der Waals surface area contributed by atoms with Crippen molar-refractivity contribution in [1.29, 1.82) is 0 Å². The molecule has 33 heavy (non-hydrogen) atoms. The number of hydrogen-bond acceptors (Lipinski definition) is 5. The monoisotopic (exact) mass is 526 g/mol. The molecule has 1 heterocycles. The van der Waals surface area contributed by atoms with Gasteiger partial charge in [0.25, 0.3) is 10.0 Å². The van der Waals surface area contributed by atoms with Crippen molar-refractivity contribution in [2.24, 2.45) is 5.73 Å². The Labute approximate surface area is 208 Å². The molecule has 0 amide bonds. The van der Waals surface area contributed by atoms with Crippen LogP contribution >= 0.6 is 35.3 Å². The van der Waals surface area contributed by atoms with E-state index in [0.717, 1.165) is 27.3 Å². The highest BCUT2D eigenvalue weighted by Crippen LogP contribution is 2.61. The van der Waals surface area contributed by atoms with Crippen LogP contribution in [-0.2, 0) is 20.2 Å². The van der Waals surface area contributed by atoms with E-state index >= 15 is 0 Å². The molecule has 0 saturated heterocycles. The first kappa shape index (κ1) is 25.7. The number of nitrogens with two attached hydrogens (primary N) is 1. The van der Waals surface area contributed by atoms with Crippen LogP contribution in [0.15, 0.2) is 70.9 Å². The number of carbonyl (C=O) groups is 1. The first-order chi connectivity index (χ1) is 15.2. The molecule has 3 aromatic rings. The predicted octanol–water partition coefficient (Wildman–Crippen LogP) is 4.67. The minimum Gasteiger partial charge on any atom is -0.480 e. The van der Waals surface area contributed by atoms with E-state index in [4.69, 9.17) is 17.3 Å². The van der Waals surface area contributed by atoms with Gasteiger partial charge >= 0.3 is 5.97 Å². The van der Waals surface area contributed by atoms with Crippen molar-refractivity contribution in [3.8, 4) is 10.4 Å². The number of halogens is 2. The fourth-order valence-corrected chi connectivity index (χ4v) is 7.20. The summed E-state index contributed by atoms with van der Waals surface area (Å²) in [5.74, 6) is -1.18. The second kappa shape index (κ2) is 9.74. The Morgan fingerprint density at radius 3 is 2.36 bits per heavy atom. The maximum atomic E-state index is 13.3. The highest BCUT2D eigenvalue weighted by molar-refractivity contribution is 7.91. The molecule has 0 spiro atoms. The minimum absolute atomic E-state index is 0. The molecule has 1 saturated carbocycles. The highest BCUT2D eigenvalue weighted by atomic mass is 35.5. The Morgan fingerprint density at radius 2 is 1.76 bits per heavy atom. The lowest BCUT2D eigenvalue weighted by molar-refractivity contribution is -0.140. The van der Waals surface area contributed by atoms with E-state index in [1.54, 1.807) is 18.2 Å². The number of sulfonamides is 1. The van der Waals surface area contributed by atoms with E-state index in [1.165, 1.54) is 6.07 Å². The van der Waals surface area contributed by atoms with Crippen molar-refractivity contribution < 1.29 is 18.3 Å². The van der Waals surface area contributed by atoms with E-state index in [9.17, 15) is 18.3 Å². The molecular weight excluding hydrogens is 503 g/mol. The van der Waals surface area contributed by atoms with Crippen molar-refractivity contribution in [1.82, 2.24) is 4.72 Å². The van der Waals surface area contributed by atoms with Crippen molar-refractivity contribution in [3.05, 3.63) is 77.3 Å². The van der Waals surface area contributed by atoms with Crippen LogP contribution in [0.1, 0.15) is 24.8 Å². The van der Waals surface area contributed by atoms with Crippen LogP contribution in [0.3, 0.4) is 0 Å².